The van der Waals surface area contributed by atoms with Crippen LogP contribution >= 0.6 is 0 Å². The van der Waals surface area contributed by atoms with Crippen LogP contribution < -0.4 is 5.32 Å². The van der Waals surface area contributed by atoms with E-state index in [1.165, 1.54) is 11.1 Å². The Labute approximate surface area is 163 Å². The van der Waals surface area contributed by atoms with E-state index in [1.807, 2.05) is 35.2 Å². The zero-order valence-corrected chi connectivity index (χ0v) is 15.8. The van der Waals surface area contributed by atoms with Crippen LogP contribution in [0.1, 0.15) is 39.8 Å². The number of hydrogen-bond acceptors (Lipinski definition) is 4. The molecule has 2 N–H and O–H groups in total. The van der Waals surface area contributed by atoms with Gasteiger partial charge in [-0.25, -0.2) is 4.98 Å². The Hall–Kier alpha value is -2.70. The molecule has 144 valence electrons. The van der Waals surface area contributed by atoms with E-state index in [4.69, 9.17) is 0 Å². The number of fused-ring (bicyclic) bond motifs is 2. The molecule has 1 saturated heterocycles. The topological polar surface area (TPSA) is 70.4 Å². The largest absolute Gasteiger partial charge is 0.388 e. The maximum Gasteiger partial charge on any atom is 0.253 e. The van der Waals surface area contributed by atoms with Crippen LogP contribution in [0, 0.1) is 0 Å². The molecule has 0 bridgehead atoms. The van der Waals surface area contributed by atoms with Crippen molar-refractivity contribution in [3.63, 3.8) is 0 Å². The van der Waals surface area contributed by atoms with Gasteiger partial charge in [-0.15, -0.1) is 0 Å². The number of amides is 1. The minimum Gasteiger partial charge on any atom is -0.388 e. The third-order valence-electron chi connectivity index (χ3n) is 5.97. The van der Waals surface area contributed by atoms with E-state index in [1.54, 1.807) is 0 Å². The van der Waals surface area contributed by atoms with Crippen LogP contribution in [0.25, 0.3) is 11.0 Å². The van der Waals surface area contributed by atoms with E-state index >= 15 is 0 Å². The molecule has 5 rings (SSSR count). The van der Waals surface area contributed by atoms with Gasteiger partial charge in [-0.3, -0.25) is 4.79 Å². The smallest absolute Gasteiger partial charge is 0.253 e. The fourth-order valence-corrected chi connectivity index (χ4v) is 4.54. The summed E-state index contributed by atoms with van der Waals surface area (Å²) in [6, 6.07) is 14.2. The molecule has 1 fully saturated rings. The number of likely N-dealkylation sites (tertiary alicyclic amines) is 1. The van der Waals surface area contributed by atoms with Crippen molar-refractivity contribution in [2.75, 3.05) is 19.6 Å². The number of carbonyl (C=O) groups excluding carboxylic acids is 1. The Balaban J connectivity index is 1.40. The second-order valence-electron chi connectivity index (χ2n) is 7.65. The minimum atomic E-state index is -0.0992. The lowest BCUT2D eigenvalue weighted by molar-refractivity contribution is 0.0787. The summed E-state index contributed by atoms with van der Waals surface area (Å²) in [6.45, 7) is 3.11. The highest BCUT2D eigenvalue weighted by Gasteiger charge is 2.30. The molecule has 0 saturated carbocycles. The van der Waals surface area contributed by atoms with Crippen LogP contribution in [0.15, 0.2) is 42.5 Å². The van der Waals surface area contributed by atoms with Crippen molar-refractivity contribution in [2.45, 2.75) is 32.0 Å². The van der Waals surface area contributed by atoms with Gasteiger partial charge in [0.05, 0.1) is 17.1 Å². The number of aliphatic hydroxyl groups is 1. The average Bonchev–Trinajstić information content (AvgIpc) is 3.37. The summed E-state index contributed by atoms with van der Waals surface area (Å²) in [7, 11) is 0. The number of imidazole rings is 1. The van der Waals surface area contributed by atoms with Crippen LogP contribution in [-0.2, 0) is 19.6 Å². The van der Waals surface area contributed by atoms with Crippen molar-refractivity contribution in [1.29, 1.82) is 0 Å². The normalized spacial score (nSPS) is 19.2. The van der Waals surface area contributed by atoms with E-state index in [9.17, 15) is 9.90 Å². The van der Waals surface area contributed by atoms with Crippen LogP contribution in [0.4, 0.5) is 0 Å². The van der Waals surface area contributed by atoms with Crippen molar-refractivity contribution < 1.29 is 9.90 Å². The predicted molar refractivity (Wildman–Crippen MR) is 107 cm³/mol. The fraction of sp³-hybridized carbons (Fsp3) is 0.364. The molecule has 0 aliphatic carbocycles. The number of aromatic nitrogens is 2. The van der Waals surface area contributed by atoms with Gasteiger partial charge in [0.1, 0.15) is 12.4 Å². The van der Waals surface area contributed by atoms with Crippen molar-refractivity contribution >= 4 is 16.9 Å². The summed E-state index contributed by atoms with van der Waals surface area (Å²) in [5.41, 5.74) is 5.26. The molecule has 1 aromatic heterocycles. The zero-order chi connectivity index (χ0) is 19.1. The molecule has 1 unspecified atom stereocenters. The first-order chi connectivity index (χ1) is 13.7. The Morgan fingerprint density at radius 2 is 2.11 bits per heavy atom. The van der Waals surface area contributed by atoms with Gasteiger partial charge < -0.3 is 19.9 Å². The van der Waals surface area contributed by atoms with Crippen molar-refractivity contribution in [2.24, 2.45) is 0 Å². The van der Waals surface area contributed by atoms with E-state index in [2.05, 4.69) is 27.0 Å². The number of aliphatic hydroxyl groups excluding tert-OH is 1. The molecule has 3 heterocycles. The van der Waals surface area contributed by atoms with Crippen LogP contribution in [0.5, 0.6) is 0 Å². The molecule has 3 aromatic rings. The van der Waals surface area contributed by atoms with Crippen LogP contribution in [0.2, 0.25) is 0 Å². The molecule has 28 heavy (non-hydrogen) atoms. The quantitative estimate of drug-likeness (QED) is 0.736. The summed E-state index contributed by atoms with van der Waals surface area (Å²) in [4.78, 5) is 19.6. The van der Waals surface area contributed by atoms with Crippen LogP contribution in [0.3, 0.4) is 0 Å². The summed E-state index contributed by atoms with van der Waals surface area (Å²) in [6.07, 6.45) is 1.84. The monoisotopic (exact) mass is 376 g/mol. The summed E-state index contributed by atoms with van der Waals surface area (Å²) < 4.78 is 2.11. The Kier molecular flexibility index (Phi) is 4.37. The maximum absolute atomic E-state index is 13.1. The Morgan fingerprint density at radius 1 is 1.21 bits per heavy atom. The highest BCUT2D eigenvalue weighted by Crippen LogP contribution is 2.29. The van der Waals surface area contributed by atoms with Gasteiger partial charge in [0.25, 0.3) is 5.91 Å². The Bertz CT molecular complexity index is 1040. The molecule has 0 spiro atoms. The number of carbonyl (C=O) groups is 1. The van der Waals surface area contributed by atoms with Gasteiger partial charge in [0.15, 0.2) is 0 Å². The predicted octanol–water partition coefficient (Wildman–Crippen LogP) is 2.26. The van der Waals surface area contributed by atoms with Crippen molar-refractivity contribution in [1.82, 2.24) is 19.8 Å². The SMILES string of the molecule is O=C(c1ccc2c(c1)CCNC2)N1CCC(n2c(CO)nc3ccccc32)C1. The third-order valence-corrected chi connectivity index (χ3v) is 5.97. The van der Waals surface area contributed by atoms with Crippen LogP contribution in [-0.4, -0.2) is 45.1 Å². The Morgan fingerprint density at radius 3 is 3.00 bits per heavy atom. The van der Waals surface area contributed by atoms with Gasteiger partial charge in [-0.1, -0.05) is 18.2 Å². The highest BCUT2D eigenvalue weighted by atomic mass is 16.3. The van der Waals surface area contributed by atoms with E-state index in [-0.39, 0.29) is 18.6 Å². The molecule has 1 amide bonds. The molecule has 1 atom stereocenters. The number of nitrogens with zero attached hydrogens (tertiary/aromatic N) is 3. The highest BCUT2D eigenvalue weighted by molar-refractivity contribution is 5.94. The van der Waals surface area contributed by atoms with E-state index < -0.39 is 0 Å². The molecular weight excluding hydrogens is 352 g/mol. The maximum atomic E-state index is 13.1. The second kappa shape index (κ2) is 7.04. The third kappa shape index (κ3) is 2.89. The van der Waals surface area contributed by atoms with Crippen molar-refractivity contribution in [3.8, 4) is 0 Å². The number of hydrogen-bond donors (Lipinski definition) is 2. The molecule has 6 nitrogen and oxygen atoms in total. The van der Waals surface area contributed by atoms with E-state index in [0.717, 1.165) is 49.1 Å². The number of rotatable bonds is 3. The summed E-state index contributed by atoms with van der Waals surface area (Å²) in [5.74, 6) is 0.764. The first-order valence-corrected chi connectivity index (χ1v) is 9.93. The molecule has 2 aliphatic rings. The molecule has 0 radical (unpaired) electrons. The number of para-hydroxylation sites is 2. The van der Waals surface area contributed by atoms with Gasteiger partial charge in [-0.2, -0.15) is 0 Å². The fourth-order valence-electron chi connectivity index (χ4n) is 4.54. The van der Waals surface area contributed by atoms with Gasteiger partial charge in [-0.05, 0) is 54.8 Å². The van der Waals surface area contributed by atoms with Gasteiger partial charge >= 0.3 is 0 Å². The average molecular weight is 376 g/mol. The lowest BCUT2D eigenvalue weighted by Gasteiger charge is -2.21. The number of nitrogens with one attached hydrogen (secondary N) is 1. The van der Waals surface area contributed by atoms with E-state index in [0.29, 0.717) is 12.4 Å². The lowest BCUT2D eigenvalue weighted by atomic mass is 9.98. The minimum absolute atomic E-state index is 0.0961. The van der Waals surface area contributed by atoms with Gasteiger partial charge in [0.2, 0.25) is 0 Å². The van der Waals surface area contributed by atoms with Gasteiger partial charge in [0, 0.05) is 25.2 Å². The summed E-state index contributed by atoms with van der Waals surface area (Å²) >= 11 is 0. The standard InChI is InChI=1S/C22H24N4O2/c27-14-21-24-19-3-1-2-4-20(19)26(21)18-8-10-25(13-18)22(28)16-5-6-17-12-23-9-7-15(17)11-16/h1-6,11,18,23,27H,7-10,12-14H2. The second-order valence-corrected chi connectivity index (χ2v) is 7.65. The first kappa shape index (κ1) is 17.4. The lowest BCUT2D eigenvalue weighted by Crippen LogP contribution is -2.30. The molecular formula is C22H24N4O2. The first-order valence-electron chi connectivity index (χ1n) is 9.93. The summed E-state index contributed by atoms with van der Waals surface area (Å²) in [5, 5.41) is 13.1. The molecule has 2 aromatic carbocycles. The zero-order valence-electron chi connectivity index (χ0n) is 15.8. The number of benzene rings is 2. The molecule has 6 heteroatoms. The molecule has 2 aliphatic heterocycles. The van der Waals surface area contributed by atoms with Crippen molar-refractivity contribution in [3.05, 3.63) is 65.0 Å².